The average Bonchev–Trinajstić information content (AvgIpc) is 3.07. The van der Waals surface area contributed by atoms with E-state index in [9.17, 15) is 4.79 Å². The molecule has 0 bridgehead atoms. The summed E-state index contributed by atoms with van der Waals surface area (Å²) in [6.45, 7) is 6.89. The van der Waals surface area contributed by atoms with Crippen molar-refractivity contribution in [3.8, 4) is 0 Å². The first-order valence-corrected chi connectivity index (χ1v) is 10.6. The lowest BCUT2D eigenvalue weighted by Crippen LogP contribution is -2.27. The SMILES string of the molecule is CCCN(C)C(=O)c1ccc(CNc2ncnc3c2SC(=N)/C3=C(/C)C(C)=N)cc1. The van der Waals surface area contributed by atoms with Gasteiger partial charge in [0.15, 0.2) is 0 Å². The maximum Gasteiger partial charge on any atom is 0.253 e. The van der Waals surface area contributed by atoms with E-state index < -0.39 is 0 Å². The Bertz CT molecular complexity index is 1030. The molecule has 2 aromatic rings. The van der Waals surface area contributed by atoms with Crippen molar-refractivity contribution < 1.29 is 4.79 Å². The molecule has 8 heteroatoms. The van der Waals surface area contributed by atoms with E-state index in [0.29, 0.717) is 39.9 Å². The third-order valence-electron chi connectivity index (χ3n) is 4.98. The highest BCUT2D eigenvalue weighted by Crippen LogP contribution is 2.44. The van der Waals surface area contributed by atoms with E-state index >= 15 is 0 Å². The van der Waals surface area contributed by atoms with Crippen molar-refractivity contribution in [1.82, 2.24) is 14.9 Å². The second kappa shape index (κ2) is 9.21. The summed E-state index contributed by atoms with van der Waals surface area (Å²) < 4.78 is 0. The number of fused-ring (bicyclic) bond motifs is 1. The number of nitrogens with one attached hydrogen (secondary N) is 3. The van der Waals surface area contributed by atoms with Crippen molar-refractivity contribution >= 4 is 39.8 Å². The molecule has 1 aliphatic heterocycles. The highest BCUT2D eigenvalue weighted by atomic mass is 32.2. The van der Waals surface area contributed by atoms with Gasteiger partial charge in [0.2, 0.25) is 0 Å². The van der Waals surface area contributed by atoms with E-state index in [0.717, 1.165) is 29.0 Å². The molecule has 3 N–H and O–H groups in total. The van der Waals surface area contributed by atoms with E-state index in [4.69, 9.17) is 10.8 Å². The molecule has 0 unspecified atom stereocenters. The molecule has 0 atom stereocenters. The number of aromatic nitrogens is 2. The number of allylic oxidation sites excluding steroid dienone is 1. The predicted molar refractivity (Wildman–Crippen MR) is 123 cm³/mol. The summed E-state index contributed by atoms with van der Waals surface area (Å²) in [5, 5.41) is 19.9. The summed E-state index contributed by atoms with van der Waals surface area (Å²) in [6.07, 6.45) is 2.41. The van der Waals surface area contributed by atoms with Gasteiger partial charge in [0, 0.05) is 37.0 Å². The molecule has 30 heavy (non-hydrogen) atoms. The number of benzene rings is 1. The first-order valence-electron chi connectivity index (χ1n) is 9.80. The van der Waals surface area contributed by atoms with Crippen LogP contribution in [0.15, 0.2) is 41.1 Å². The normalized spacial score (nSPS) is 14.3. The summed E-state index contributed by atoms with van der Waals surface area (Å²) in [6, 6.07) is 7.56. The molecule has 0 saturated carbocycles. The van der Waals surface area contributed by atoms with Crippen LogP contribution in [0.3, 0.4) is 0 Å². The molecule has 156 valence electrons. The van der Waals surface area contributed by atoms with Gasteiger partial charge in [-0.3, -0.25) is 10.2 Å². The number of anilines is 1. The van der Waals surface area contributed by atoms with Gasteiger partial charge in [-0.25, -0.2) is 9.97 Å². The molecule has 1 aliphatic rings. The van der Waals surface area contributed by atoms with E-state index in [1.807, 2.05) is 38.2 Å². The van der Waals surface area contributed by atoms with Gasteiger partial charge in [0.05, 0.1) is 10.6 Å². The van der Waals surface area contributed by atoms with Crippen LogP contribution in [0.2, 0.25) is 0 Å². The minimum atomic E-state index is 0.0241. The van der Waals surface area contributed by atoms with Crippen LogP contribution >= 0.6 is 11.8 Å². The first-order chi connectivity index (χ1) is 14.3. The summed E-state index contributed by atoms with van der Waals surface area (Å²) in [5.41, 5.74) is 4.28. The van der Waals surface area contributed by atoms with Crippen molar-refractivity contribution in [1.29, 1.82) is 10.8 Å². The highest BCUT2D eigenvalue weighted by molar-refractivity contribution is 8.15. The number of thioether (sulfide) groups is 1. The van der Waals surface area contributed by atoms with E-state index in [1.54, 1.807) is 11.8 Å². The highest BCUT2D eigenvalue weighted by Gasteiger charge is 2.29. The summed E-state index contributed by atoms with van der Waals surface area (Å²) in [7, 11) is 1.82. The molecule has 2 heterocycles. The van der Waals surface area contributed by atoms with Crippen LogP contribution in [0.5, 0.6) is 0 Å². The Kier molecular flexibility index (Phi) is 6.66. The zero-order valence-electron chi connectivity index (χ0n) is 17.7. The van der Waals surface area contributed by atoms with Gasteiger partial charge in [-0.05, 0) is 43.5 Å². The smallest absolute Gasteiger partial charge is 0.253 e. The molecule has 1 aromatic heterocycles. The van der Waals surface area contributed by atoms with Crippen LogP contribution in [-0.4, -0.2) is 45.1 Å². The Balaban J connectivity index is 1.76. The van der Waals surface area contributed by atoms with Crippen LogP contribution in [0.25, 0.3) is 5.57 Å². The van der Waals surface area contributed by atoms with Crippen molar-refractivity contribution in [2.24, 2.45) is 0 Å². The number of carbonyl (C=O) groups is 1. The fourth-order valence-electron chi connectivity index (χ4n) is 3.18. The van der Waals surface area contributed by atoms with Gasteiger partial charge < -0.3 is 15.6 Å². The van der Waals surface area contributed by atoms with Crippen LogP contribution < -0.4 is 5.32 Å². The quantitative estimate of drug-likeness (QED) is 0.571. The van der Waals surface area contributed by atoms with Gasteiger partial charge in [-0.2, -0.15) is 0 Å². The lowest BCUT2D eigenvalue weighted by Gasteiger charge is -2.16. The fourth-order valence-corrected chi connectivity index (χ4v) is 4.21. The Morgan fingerprint density at radius 3 is 2.53 bits per heavy atom. The number of carbonyl (C=O) groups excluding carboxylic acids is 1. The van der Waals surface area contributed by atoms with Gasteiger partial charge in [0.25, 0.3) is 5.91 Å². The van der Waals surface area contributed by atoms with Crippen molar-refractivity contribution in [3.05, 3.63) is 53.0 Å². The lowest BCUT2D eigenvalue weighted by molar-refractivity contribution is 0.0795. The molecule has 0 fully saturated rings. The molecule has 0 spiro atoms. The van der Waals surface area contributed by atoms with Crippen LogP contribution in [0.4, 0.5) is 5.82 Å². The third-order valence-corrected chi connectivity index (χ3v) is 5.97. The van der Waals surface area contributed by atoms with Gasteiger partial charge in [-0.15, -0.1) is 0 Å². The van der Waals surface area contributed by atoms with Gasteiger partial charge in [0.1, 0.15) is 17.2 Å². The van der Waals surface area contributed by atoms with Crippen LogP contribution in [0.1, 0.15) is 48.8 Å². The Morgan fingerprint density at radius 2 is 1.90 bits per heavy atom. The summed E-state index contributed by atoms with van der Waals surface area (Å²) in [5.74, 6) is 0.694. The second-order valence-electron chi connectivity index (χ2n) is 7.23. The first kappa shape index (κ1) is 21.7. The van der Waals surface area contributed by atoms with E-state index in [1.165, 1.54) is 18.1 Å². The minimum absolute atomic E-state index is 0.0241. The molecule has 3 rings (SSSR count). The van der Waals surface area contributed by atoms with Crippen molar-refractivity contribution in [2.45, 2.75) is 38.6 Å². The predicted octanol–water partition coefficient (Wildman–Crippen LogP) is 4.47. The third kappa shape index (κ3) is 4.43. The number of rotatable bonds is 7. The number of hydrogen-bond donors (Lipinski definition) is 3. The second-order valence-corrected chi connectivity index (χ2v) is 8.25. The maximum absolute atomic E-state index is 12.4. The molecule has 7 nitrogen and oxygen atoms in total. The molecular formula is C22H26N6OS. The zero-order valence-corrected chi connectivity index (χ0v) is 18.5. The zero-order chi connectivity index (χ0) is 21.8. The fraction of sp³-hybridized carbons (Fsp3) is 0.318. The van der Waals surface area contributed by atoms with Gasteiger partial charge in [-0.1, -0.05) is 30.8 Å². The van der Waals surface area contributed by atoms with Crippen molar-refractivity contribution in [2.75, 3.05) is 18.9 Å². The monoisotopic (exact) mass is 422 g/mol. The maximum atomic E-state index is 12.4. The molecule has 1 aromatic carbocycles. The van der Waals surface area contributed by atoms with Crippen LogP contribution in [0, 0.1) is 10.8 Å². The standard InChI is InChI=1S/C22H26N6OS/c1-5-10-28(4)22(29)16-8-6-15(7-9-16)11-25-21-19-18(26-12-27-21)17(20(24)30-19)13(2)14(3)23/h6-9,12,23-24H,5,10-11H2,1-4H3,(H,25,26,27)/b17-13-,23-14?,24-20?. The van der Waals surface area contributed by atoms with Crippen LogP contribution in [-0.2, 0) is 6.54 Å². The average molecular weight is 423 g/mol. The molecule has 0 saturated heterocycles. The number of hydrogen-bond acceptors (Lipinski definition) is 7. The molecular weight excluding hydrogens is 396 g/mol. The Labute approximate surface area is 181 Å². The number of amides is 1. The summed E-state index contributed by atoms with van der Waals surface area (Å²) >= 11 is 1.31. The molecule has 0 aliphatic carbocycles. The minimum Gasteiger partial charge on any atom is -0.365 e. The summed E-state index contributed by atoms with van der Waals surface area (Å²) in [4.78, 5) is 23.6. The molecule has 0 radical (unpaired) electrons. The Morgan fingerprint density at radius 1 is 1.20 bits per heavy atom. The van der Waals surface area contributed by atoms with E-state index in [2.05, 4.69) is 22.2 Å². The largest absolute Gasteiger partial charge is 0.365 e. The molecule has 1 amide bonds. The lowest BCUT2D eigenvalue weighted by atomic mass is 10.0. The Hall–Kier alpha value is -3.00. The van der Waals surface area contributed by atoms with E-state index in [-0.39, 0.29) is 5.91 Å². The van der Waals surface area contributed by atoms with Gasteiger partial charge >= 0.3 is 0 Å². The topological polar surface area (TPSA) is 106 Å². The van der Waals surface area contributed by atoms with Crippen molar-refractivity contribution in [3.63, 3.8) is 0 Å². The number of nitrogens with zero attached hydrogens (tertiary/aromatic N) is 3.